The maximum Gasteiger partial charge on any atom is 0.407 e. The minimum atomic E-state index is -0.866. The SMILES string of the molecule is CC(C)(C)C1CC(N(Cc2ccc(Cl)cc2)c2ccc(F)cc2)CCN1C(=O)O. The van der Waals surface area contributed by atoms with Crippen LogP contribution in [0.15, 0.2) is 48.5 Å². The van der Waals surface area contributed by atoms with Crippen molar-refractivity contribution in [1.29, 1.82) is 0 Å². The summed E-state index contributed by atoms with van der Waals surface area (Å²) < 4.78 is 13.5. The number of rotatable bonds is 4. The van der Waals surface area contributed by atoms with E-state index in [1.54, 1.807) is 17.0 Å². The van der Waals surface area contributed by atoms with Crippen LogP contribution in [0.2, 0.25) is 5.02 Å². The Morgan fingerprint density at radius 2 is 1.79 bits per heavy atom. The van der Waals surface area contributed by atoms with Crippen LogP contribution in [0.25, 0.3) is 0 Å². The molecule has 0 radical (unpaired) electrons. The van der Waals surface area contributed by atoms with E-state index in [1.807, 2.05) is 24.3 Å². The highest BCUT2D eigenvalue weighted by molar-refractivity contribution is 6.30. The molecule has 0 spiro atoms. The van der Waals surface area contributed by atoms with Gasteiger partial charge in [-0.25, -0.2) is 9.18 Å². The zero-order valence-electron chi connectivity index (χ0n) is 17.1. The second-order valence-corrected chi connectivity index (χ2v) is 9.20. The first-order chi connectivity index (χ1) is 13.6. The Morgan fingerprint density at radius 1 is 1.17 bits per heavy atom. The molecule has 0 aromatic heterocycles. The molecule has 0 aliphatic carbocycles. The largest absolute Gasteiger partial charge is 0.465 e. The van der Waals surface area contributed by atoms with Gasteiger partial charge >= 0.3 is 6.09 Å². The molecule has 2 aromatic carbocycles. The Hall–Kier alpha value is -2.27. The molecule has 6 heteroatoms. The minimum Gasteiger partial charge on any atom is -0.465 e. The van der Waals surface area contributed by atoms with Gasteiger partial charge in [0.1, 0.15) is 5.82 Å². The van der Waals surface area contributed by atoms with Crippen molar-refractivity contribution in [3.63, 3.8) is 0 Å². The highest BCUT2D eigenvalue weighted by Crippen LogP contribution is 2.36. The summed E-state index contributed by atoms with van der Waals surface area (Å²) in [6.45, 7) is 7.38. The third-order valence-corrected chi connectivity index (χ3v) is 5.94. The predicted molar refractivity (Wildman–Crippen MR) is 115 cm³/mol. The lowest BCUT2D eigenvalue weighted by Crippen LogP contribution is -2.56. The Labute approximate surface area is 176 Å². The number of likely N-dealkylation sites (tertiary alicyclic amines) is 1. The van der Waals surface area contributed by atoms with Gasteiger partial charge in [0.25, 0.3) is 0 Å². The lowest BCUT2D eigenvalue weighted by atomic mass is 9.78. The van der Waals surface area contributed by atoms with E-state index in [9.17, 15) is 14.3 Å². The molecule has 0 bridgehead atoms. The van der Waals surface area contributed by atoms with Crippen molar-refractivity contribution >= 4 is 23.4 Å². The molecule has 4 nitrogen and oxygen atoms in total. The normalized spacial score (nSPS) is 19.8. The van der Waals surface area contributed by atoms with Crippen LogP contribution < -0.4 is 4.90 Å². The fourth-order valence-corrected chi connectivity index (χ4v) is 4.26. The molecule has 1 fully saturated rings. The number of hydrogen-bond donors (Lipinski definition) is 1. The maximum atomic E-state index is 13.5. The van der Waals surface area contributed by atoms with Crippen molar-refractivity contribution in [2.24, 2.45) is 5.41 Å². The summed E-state index contributed by atoms with van der Waals surface area (Å²) in [6.07, 6.45) is 0.583. The molecule has 156 valence electrons. The molecular formula is C23H28ClFN2O2. The zero-order chi connectivity index (χ0) is 21.2. The summed E-state index contributed by atoms with van der Waals surface area (Å²) in [5, 5.41) is 10.3. The van der Waals surface area contributed by atoms with Gasteiger partial charge in [0, 0.05) is 35.9 Å². The molecule has 1 aliphatic heterocycles. The number of anilines is 1. The minimum absolute atomic E-state index is 0.0908. The summed E-state index contributed by atoms with van der Waals surface area (Å²) in [6, 6.07) is 14.3. The fourth-order valence-electron chi connectivity index (χ4n) is 4.13. The Balaban J connectivity index is 1.91. The smallest absolute Gasteiger partial charge is 0.407 e. The Morgan fingerprint density at radius 3 is 2.34 bits per heavy atom. The highest BCUT2D eigenvalue weighted by Gasteiger charge is 2.40. The molecule has 1 aliphatic rings. The molecule has 2 atom stereocenters. The topological polar surface area (TPSA) is 43.8 Å². The standard InChI is InChI=1S/C23H28ClFN2O2/c1-23(2,3)21-14-20(12-13-26(21)22(28)29)27(19-10-8-18(25)9-11-19)15-16-4-6-17(24)7-5-16/h4-11,20-21H,12-15H2,1-3H3,(H,28,29). The first kappa shape index (κ1) is 21.4. The predicted octanol–water partition coefficient (Wildman–Crippen LogP) is 6.04. The number of carbonyl (C=O) groups is 1. The van der Waals surface area contributed by atoms with Gasteiger partial charge in [0.2, 0.25) is 0 Å². The Kier molecular flexibility index (Phi) is 6.37. The van der Waals surface area contributed by atoms with E-state index >= 15 is 0 Å². The van der Waals surface area contributed by atoms with Gasteiger partial charge in [-0.05, 0) is 60.2 Å². The number of amides is 1. The number of hydrogen-bond acceptors (Lipinski definition) is 2. The van der Waals surface area contributed by atoms with E-state index in [-0.39, 0.29) is 23.3 Å². The number of benzene rings is 2. The van der Waals surface area contributed by atoms with E-state index < -0.39 is 6.09 Å². The van der Waals surface area contributed by atoms with Gasteiger partial charge < -0.3 is 14.9 Å². The monoisotopic (exact) mass is 418 g/mol. The maximum absolute atomic E-state index is 13.5. The second-order valence-electron chi connectivity index (χ2n) is 8.77. The molecule has 29 heavy (non-hydrogen) atoms. The molecule has 0 saturated carbocycles. The second kappa shape index (κ2) is 8.62. The van der Waals surface area contributed by atoms with Crippen molar-refractivity contribution in [1.82, 2.24) is 4.90 Å². The first-order valence-corrected chi connectivity index (χ1v) is 10.3. The molecule has 2 unspecified atom stereocenters. The van der Waals surface area contributed by atoms with Gasteiger partial charge in [-0.15, -0.1) is 0 Å². The molecule has 3 rings (SSSR count). The van der Waals surface area contributed by atoms with Crippen LogP contribution in [-0.4, -0.2) is 34.7 Å². The average Bonchev–Trinajstić information content (AvgIpc) is 2.67. The van der Waals surface area contributed by atoms with Crippen molar-refractivity contribution in [3.05, 3.63) is 64.9 Å². The molecule has 1 N–H and O–H groups in total. The molecule has 1 heterocycles. The number of nitrogens with zero attached hydrogens (tertiary/aromatic N) is 2. The van der Waals surface area contributed by atoms with Gasteiger partial charge in [0.05, 0.1) is 0 Å². The van der Waals surface area contributed by atoms with Crippen LogP contribution in [0.4, 0.5) is 14.9 Å². The van der Waals surface area contributed by atoms with E-state index in [1.165, 1.54) is 12.1 Å². The highest BCUT2D eigenvalue weighted by atomic mass is 35.5. The molecule has 2 aromatic rings. The number of carboxylic acid groups (broad SMARTS) is 1. The molecular weight excluding hydrogens is 391 g/mol. The van der Waals surface area contributed by atoms with Crippen molar-refractivity contribution in [3.8, 4) is 0 Å². The van der Waals surface area contributed by atoms with Gasteiger partial charge in [-0.2, -0.15) is 0 Å². The third kappa shape index (κ3) is 5.21. The lowest BCUT2D eigenvalue weighted by Gasteiger charge is -2.48. The van der Waals surface area contributed by atoms with E-state index in [2.05, 4.69) is 25.7 Å². The number of piperidine rings is 1. The Bertz CT molecular complexity index is 833. The van der Waals surface area contributed by atoms with Crippen LogP contribution in [0.1, 0.15) is 39.2 Å². The van der Waals surface area contributed by atoms with Crippen LogP contribution in [-0.2, 0) is 6.54 Å². The summed E-state index contributed by atoms with van der Waals surface area (Å²) in [4.78, 5) is 15.6. The van der Waals surface area contributed by atoms with Gasteiger partial charge in [0.15, 0.2) is 0 Å². The molecule has 1 amide bonds. The molecule has 1 saturated heterocycles. The summed E-state index contributed by atoms with van der Waals surface area (Å²) in [7, 11) is 0. The summed E-state index contributed by atoms with van der Waals surface area (Å²) >= 11 is 6.03. The number of halogens is 2. The van der Waals surface area contributed by atoms with Crippen molar-refractivity contribution in [2.45, 2.75) is 52.2 Å². The quantitative estimate of drug-likeness (QED) is 0.657. The summed E-state index contributed by atoms with van der Waals surface area (Å²) in [5.74, 6) is -0.270. The summed E-state index contributed by atoms with van der Waals surface area (Å²) in [5.41, 5.74) is 1.86. The van der Waals surface area contributed by atoms with Crippen LogP contribution in [0, 0.1) is 11.2 Å². The van der Waals surface area contributed by atoms with Crippen molar-refractivity contribution < 1.29 is 14.3 Å². The first-order valence-electron chi connectivity index (χ1n) is 9.91. The average molecular weight is 419 g/mol. The van der Waals surface area contributed by atoms with E-state index in [0.717, 1.165) is 24.1 Å². The van der Waals surface area contributed by atoms with Crippen LogP contribution in [0.3, 0.4) is 0 Å². The van der Waals surface area contributed by atoms with Gasteiger partial charge in [-0.1, -0.05) is 44.5 Å². The van der Waals surface area contributed by atoms with Crippen LogP contribution >= 0.6 is 11.6 Å². The van der Waals surface area contributed by atoms with Gasteiger partial charge in [-0.3, -0.25) is 0 Å². The van der Waals surface area contributed by atoms with E-state index in [4.69, 9.17) is 11.6 Å². The van der Waals surface area contributed by atoms with E-state index in [0.29, 0.717) is 18.1 Å². The zero-order valence-corrected chi connectivity index (χ0v) is 17.9. The third-order valence-electron chi connectivity index (χ3n) is 5.69. The van der Waals surface area contributed by atoms with Crippen LogP contribution in [0.5, 0.6) is 0 Å². The lowest BCUT2D eigenvalue weighted by molar-refractivity contribution is 0.0520. The van der Waals surface area contributed by atoms with Crippen molar-refractivity contribution in [2.75, 3.05) is 11.4 Å². The fraction of sp³-hybridized carbons (Fsp3) is 0.435.